The Kier molecular flexibility index (Phi) is 6.68. The quantitative estimate of drug-likeness (QED) is 0.618. The standard InChI is InChI=1S/C17H26N2O3/c20-11-15(12-21)19-17(22)18-10-16(14-8-4-5-9-14)13-6-2-1-3-7-13/h1-3,6-7,14-16,20-21H,4-5,8-12H2,(H2,18,19,22)/t16-/m1/s1. The Bertz CT molecular complexity index is 442. The normalized spacial score (nSPS) is 16.7. The molecule has 0 spiro atoms. The van der Waals surface area contributed by atoms with E-state index >= 15 is 0 Å². The van der Waals surface area contributed by atoms with Gasteiger partial charge in [-0.15, -0.1) is 0 Å². The molecule has 1 aliphatic carbocycles. The van der Waals surface area contributed by atoms with Crippen molar-refractivity contribution in [3.8, 4) is 0 Å². The summed E-state index contributed by atoms with van der Waals surface area (Å²) in [6, 6.07) is 9.35. The molecule has 0 heterocycles. The van der Waals surface area contributed by atoms with Crippen LogP contribution < -0.4 is 10.6 Å². The first-order chi connectivity index (χ1) is 10.7. The summed E-state index contributed by atoms with van der Waals surface area (Å²) in [4.78, 5) is 11.9. The predicted octanol–water partition coefficient (Wildman–Crippen LogP) is 1.61. The van der Waals surface area contributed by atoms with E-state index in [0.29, 0.717) is 18.4 Å². The minimum atomic E-state index is -0.610. The fraction of sp³-hybridized carbons (Fsp3) is 0.588. The molecule has 0 unspecified atom stereocenters. The van der Waals surface area contributed by atoms with Gasteiger partial charge in [0.1, 0.15) is 0 Å². The highest BCUT2D eigenvalue weighted by Crippen LogP contribution is 2.36. The average molecular weight is 306 g/mol. The summed E-state index contributed by atoms with van der Waals surface area (Å²) in [6.07, 6.45) is 4.94. The fourth-order valence-electron chi connectivity index (χ4n) is 3.20. The third-order valence-corrected chi connectivity index (χ3v) is 4.46. The molecule has 0 bridgehead atoms. The van der Waals surface area contributed by atoms with Crippen LogP contribution in [0.15, 0.2) is 30.3 Å². The van der Waals surface area contributed by atoms with Gasteiger partial charge < -0.3 is 20.8 Å². The molecule has 5 heteroatoms. The smallest absolute Gasteiger partial charge is 0.315 e. The monoisotopic (exact) mass is 306 g/mol. The molecule has 5 nitrogen and oxygen atoms in total. The molecule has 1 fully saturated rings. The van der Waals surface area contributed by atoms with E-state index in [2.05, 4.69) is 22.8 Å². The van der Waals surface area contributed by atoms with Crippen molar-refractivity contribution < 1.29 is 15.0 Å². The Balaban J connectivity index is 1.94. The molecule has 1 atom stereocenters. The maximum Gasteiger partial charge on any atom is 0.315 e. The summed E-state index contributed by atoms with van der Waals surface area (Å²) in [7, 11) is 0. The van der Waals surface area contributed by atoms with Gasteiger partial charge in [0.2, 0.25) is 0 Å². The molecule has 0 radical (unpaired) electrons. The number of hydrogen-bond acceptors (Lipinski definition) is 3. The third-order valence-electron chi connectivity index (χ3n) is 4.46. The van der Waals surface area contributed by atoms with Gasteiger partial charge in [-0.25, -0.2) is 4.79 Å². The lowest BCUT2D eigenvalue weighted by Crippen LogP contribution is -2.46. The Labute approximate surface area is 131 Å². The second-order valence-corrected chi connectivity index (χ2v) is 5.98. The fourth-order valence-corrected chi connectivity index (χ4v) is 3.20. The van der Waals surface area contributed by atoms with Crippen molar-refractivity contribution in [1.82, 2.24) is 10.6 Å². The van der Waals surface area contributed by atoms with E-state index in [1.165, 1.54) is 31.2 Å². The number of nitrogens with one attached hydrogen (secondary N) is 2. The van der Waals surface area contributed by atoms with Gasteiger partial charge in [-0.3, -0.25) is 0 Å². The van der Waals surface area contributed by atoms with E-state index in [0.717, 1.165) is 0 Å². The van der Waals surface area contributed by atoms with Crippen molar-refractivity contribution in [2.24, 2.45) is 5.92 Å². The number of hydrogen-bond donors (Lipinski definition) is 4. The van der Waals surface area contributed by atoms with E-state index in [-0.39, 0.29) is 19.2 Å². The van der Waals surface area contributed by atoms with Crippen LogP contribution in [-0.4, -0.2) is 42.0 Å². The highest BCUT2D eigenvalue weighted by molar-refractivity contribution is 5.74. The predicted molar refractivity (Wildman–Crippen MR) is 85.6 cm³/mol. The second-order valence-electron chi connectivity index (χ2n) is 5.98. The maximum absolute atomic E-state index is 11.9. The molecule has 122 valence electrons. The van der Waals surface area contributed by atoms with Crippen molar-refractivity contribution in [1.29, 1.82) is 0 Å². The van der Waals surface area contributed by atoms with Gasteiger partial charge in [0.05, 0.1) is 19.3 Å². The van der Waals surface area contributed by atoms with Crippen molar-refractivity contribution in [3.63, 3.8) is 0 Å². The number of rotatable bonds is 7. The zero-order valence-corrected chi connectivity index (χ0v) is 12.9. The van der Waals surface area contributed by atoms with E-state index in [9.17, 15) is 4.79 Å². The maximum atomic E-state index is 11.9. The summed E-state index contributed by atoms with van der Waals surface area (Å²) in [5, 5.41) is 23.4. The van der Waals surface area contributed by atoms with Gasteiger partial charge in [0, 0.05) is 12.5 Å². The van der Waals surface area contributed by atoms with Gasteiger partial charge in [0.15, 0.2) is 0 Å². The van der Waals surface area contributed by atoms with Crippen molar-refractivity contribution in [2.75, 3.05) is 19.8 Å². The number of amides is 2. The summed E-state index contributed by atoms with van der Waals surface area (Å²) < 4.78 is 0. The van der Waals surface area contributed by atoms with Crippen LogP contribution in [0.25, 0.3) is 0 Å². The Morgan fingerprint density at radius 3 is 2.36 bits per heavy atom. The van der Waals surface area contributed by atoms with Gasteiger partial charge in [-0.1, -0.05) is 43.2 Å². The van der Waals surface area contributed by atoms with Gasteiger partial charge in [-0.2, -0.15) is 0 Å². The summed E-state index contributed by atoms with van der Waals surface area (Å²) in [5.41, 5.74) is 1.26. The van der Waals surface area contributed by atoms with Crippen LogP contribution in [-0.2, 0) is 0 Å². The molecular formula is C17H26N2O3. The lowest BCUT2D eigenvalue weighted by molar-refractivity contribution is 0.168. The topological polar surface area (TPSA) is 81.6 Å². The molecule has 22 heavy (non-hydrogen) atoms. The van der Waals surface area contributed by atoms with Crippen molar-refractivity contribution >= 4 is 6.03 Å². The zero-order valence-electron chi connectivity index (χ0n) is 12.9. The molecule has 0 aromatic heterocycles. The molecule has 1 aromatic carbocycles. The van der Waals surface area contributed by atoms with Crippen LogP contribution in [0.3, 0.4) is 0 Å². The van der Waals surface area contributed by atoms with Crippen LogP contribution >= 0.6 is 0 Å². The van der Waals surface area contributed by atoms with Crippen molar-refractivity contribution in [3.05, 3.63) is 35.9 Å². The molecule has 1 aliphatic rings. The van der Waals surface area contributed by atoms with Crippen LogP contribution in [0.2, 0.25) is 0 Å². The van der Waals surface area contributed by atoms with E-state index in [1.54, 1.807) is 0 Å². The first kappa shape index (κ1) is 16.8. The minimum Gasteiger partial charge on any atom is -0.394 e. The molecule has 0 aliphatic heterocycles. The number of benzene rings is 1. The lowest BCUT2D eigenvalue weighted by Gasteiger charge is -2.25. The molecule has 0 saturated heterocycles. The van der Waals surface area contributed by atoms with Crippen molar-refractivity contribution in [2.45, 2.75) is 37.6 Å². The summed E-state index contributed by atoms with van der Waals surface area (Å²) in [5.74, 6) is 0.922. The largest absolute Gasteiger partial charge is 0.394 e. The number of aliphatic hydroxyl groups excluding tert-OH is 2. The van der Waals surface area contributed by atoms with Crippen LogP contribution in [0.1, 0.15) is 37.2 Å². The summed E-state index contributed by atoms with van der Waals surface area (Å²) in [6.45, 7) is 0.0351. The second kappa shape index (κ2) is 8.76. The number of carbonyl (C=O) groups is 1. The molecular weight excluding hydrogens is 280 g/mol. The molecule has 2 amide bonds. The first-order valence-corrected chi connectivity index (χ1v) is 8.05. The van der Waals surface area contributed by atoms with Gasteiger partial charge >= 0.3 is 6.03 Å². The number of carbonyl (C=O) groups excluding carboxylic acids is 1. The van der Waals surface area contributed by atoms with E-state index in [4.69, 9.17) is 10.2 Å². The Morgan fingerprint density at radius 1 is 1.14 bits per heavy atom. The number of urea groups is 1. The molecule has 4 N–H and O–H groups in total. The highest BCUT2D eigenvalue weighted by atomic mass is 16.3. The first-order valence-electron chi connectivity index (χ1n) is 8.05. The van der Waals surface area contributed by atoms with Gasteiger partial charge in [-0.05, 0) is 24.3 Å². The van der Waals surface area contributed by atoms with Crippen LogP contribution in [0, 0.1) is 5.92 Å². The molecule has 1 saturated carbocycles. The number of aliphatic hydroxyl groups is 2. The van der Waals surface area contributed by atoms with Crippen LogP contribution in [0.4, 0.5) is 4.79 Å². The highest BCUT2D eigenvalue weighted by Gasteiger charge is 2.26. The molecule has 1 aromatic rings. The average Bonchev–Trinajstić information content (AvgIpc) is 3.08. The minimum absolute atomic E-state index is 0.269. The zero-order chi connectivity index (χ0) is 15.8. The summed E-state index contributed by atoms with van der Waals surface area (Å²) >= 11 is 0. The SMILES string of the molecule is O=C(NC[C@H](c1ccccc1)C1CCCC1)NC(CO)CO. The van der Waals surface area contributed by atoms with E-state index < -0.39 is 6.04 Å². The Hall–Kier alpha value is -1.59. The third kappa shape index (κ3) is 4.71. The Morgan fingerprint density at radius 2 is 1.77 bits per heavy atom. The van der Waals surface area contributed by atoms with Gasteiger partial charge in [0.25, 0.3) is 0 Å². The van der Waals surface area contributed by atoms with Crippen LogP contribution in [0.5, 0.6) is 0 Å². The lowest BCUT2D eigenvalue weighted by atomic mass is 9.85. The van der Waals surface area contributed by atoms with E-state index in [1.807, 2.05) is 18.2 Å². The molecule has 2 rings (SSSR count).